The molecule has 1 aliphatic rings. The molecule has 0 atom stereocenters. The van der Waals surface area contributed by atoms with Crippen LogP contribution in [-0.4, -0.2) is 15.8 Å². The SMILES string of the molecule is Nc1cc2c(cc1Br)-c1ccc([N+](=O)[O-])cc1C2=NO. The summed E-state index contributed by atoms with van der Waals surface area (Å²) in [6.45, 7) is 0. The summed E-state index contributed by atoms with van der Waals surface area (Å²) in [6.07, 6.45) is 0. The minimum atomic E-state index is -0.484. The van der Waals surface area contributed by atoms with Gasteiger partial charge in [-0.1, -0.05) is 5.16 Å². The number of nitro groups is 1. The van der Waals surface area contributed by atoms with Crippen LogP contribution in [0, 0.1) is 10.1 Å². The molecule has 3 rings (SSSR count). The van der Waals surface area contributed by atoms with Crippen molar-refractivity contribution < 1.29 is 10.1 Å². The molecule has 0 spiro atoms. The molecule has 0 amide bonds. The summed E-state index contributed by atoms with van der Waals surface area (Å²) in [5, 5.41) is 23.3. The van der Waals surface area contributed by atoms with Gasteiger partial charge in [-0.15, -0.1) is 0 Å². The first-order valence-corrected chi connectivity index (χ1v) is 6.43. The third kappa shape index (κ3) is 1.67. The normalized spacial score (nSPS) is 14.2. The van der Waals surface area contributed by atoms with Crippen molar-refractivity contribution in [3.63, 3.8) is 0 Å². The Morgan fingerprint density at radius 3 is 2.50 bits per heavy atom. The highest BCUT2D eigenvalue weighted by Gasteiger charge is 2.28. The number of hydrogen-bond acceptors (Lipinski definition) is 5. The molecule has 0 aliphatic heterocycles. The molecule has 0 unspecified atom stereocenters. The largest absolute Gasteiger partial charge is 0.410 e. The molecule has 0 heterocycles. The second-order valence-corrected chi connectivity index (χ2v) is 5.21. The van der Waals surface area contributed by atoms with Crippen LogP contribution in [-0.2, 0) is 0 Å². The minimum Gasteiger partial charge on any atom is -0.410 e. The lowest BCUT2D eigenvalue weighted by Gasteiger charge is -2.04. The molecular formula is C13H8BrN3O3. The maximum absolute atomic E-state index is 10.9. The maximum atomic E-state index is 10.9. The van der Waals surface area contributed by atoms with E-state index >= 15 is 0 Å². The number of halogens is 1. The second kappa shape index (κ2) is 4.31. The molecule has 100 valence electrons. The van der Waals surface area contributed by atoms with Gasteiger partial charge >= 0.3 is 0 Å². The number of anilines is 1. The zero-order valence-corrected chi connectivity index (χ0v) is 11.6. The third-order valence-corrected chi connectivity index (χ3v) is 3.94. The predicted octanol–water partition coefficient (Wildman–Crippen LogP) is 3.15. The summed E-state index contributed by atoms with van der Waals surface area (Å²) in [5.41, 5.74) is 9.35. The Morgan fingerprint density at radius 1 is 1.15 bits per heavy atom. The van der Waals surface area contributed by atoms with E-state index in [1.165, 1.54) is 12.1 Å². The Hall–Kier alpha value is -2.41. The highest BCUT2D eigenvalue weighted by atomic mass is 79.9. The van der Waals surface area contributed by atoms with Crippen LogP contribution >= 0.6 is 15.9 Å². The van der Waals surface area contributed by atoms with Gasteiger partial charge in [0.15, 0.2) is 0 Å². The van der Waals surface area contributed by atoms with E-state index in [0.717, 1.165) is 15.6 Å². The van der Waals surface area contributed by atoms with Gasteiger partial charge in [0.2, 0.25) is 0 Å². The van der Waals surface area contributed by atoms with E-state index in [4.69, 9.17) is 5.73 Å². The molecule has 0 aromatic heterocycles. The number of oxime groups is 1. The van der Waals surface area contributed by atoms with Crippen molar-refractivity contribution in [2.24, 2.45) is 5.16 Å². The number of nitrogens with two attached hydrogens (primary N) is 1. The summed E-state index contributed by atoms with van der Waals surface area (Å²) in [5.74, 6) is 0. The summed E-state index contributed by atoms with van der Waals surface area (Å²) in [7, 11) is 0. The van der Waals surface area contributed by atoms with Gasteiger partial charge in [-0.3, -0.25) is 10.1 Å². The van der Waals surface area contributed by atoms with Gasteiger partial charge in [0.25, 0.3) is 5.69 Å². The second-order valence-electron chi connectivity index (χ2n) is 4.35. The number of nitrogens with zero attached hydrogens (tertiary/aromatic N) is 2. The van der Waals surface area contributed by atoms with E-state index < -0.39 is 4.92 Å². The van der Waals surface area contributed by atoms with Crippen molar-refractivity contribution in [3.8, 4) is 11.1 Å². The van der Waals surface area contributed by atoms with Crippen molar-refractivity contribution in [1.29, 1.82) is 0 Å². The lowest BCUT2D eigenvalue weighted by Crippen LogP contribution is -2.00. The Morgan fingerprint density at radius 2 is 1.85 bits per heavy atom. The number of hydrogen-bond donors (Lipinski definition) is 2. The van der Waals surface area contributed by atoms with E-state index in [9.17, 15) is 15.3 Å². The Labute approximate surface area is 121 Å². The van der Waals surface area contributed by atoms with Crippen molar-refractivity contribution in [1.82, 2.24) is 0 Å². The lowest BCUT2D eigenvalue weighted by atomic mass is 10.1. The van der Waals surface area contributed by atoms with Gasteiger partial charge in [-0.2, -0.15) is 0 Å². The molecule has 2 aromatic carbocycles. The highest BCUT2D eigenvalue weighted by Crippen LogP contribution is 2.41. The van der Waals surface area contributed by atoms with Crippen molar-refractivity contribution in [3.05, 3.63) is 56.0 Å². The Bertz CT molecular complexity index is 787. The Kier molecular flexibility index (Phi) is 2.72. The summed E-state index contributed by atoms with van der Waals surface area (Å²) >= 11 is 3.34. The Balaban J connectivity index is 2.32. The average molecular weight is 334 g/mol. The summed E-state index contributed by atoms with van der Waals surface area (Å²) < 4.78 is 0.722. The van der Waals surface area contributed by atoms with Crippen LogP contribution in [0.4, 0.5) is 11.4 Å². The molecule has 20 heavy (non-hydrogen) atoms. The molecule has 2 aromatic rings. The quantitative estimate of drug-likeness (QED) is 0.309. The summed E-state index contributed by atoms with van der Waals surface area (Å²) in [6, 6.07) is 7.96. The monoisotopic (exact) mass is 333 g/mol. The number of nitro benzene ring substituents is 1. The fourth-order valence-corrected chi connectivity index (χ4v) is 2.68. The van der Waals surface area contributed by atoms with Crippen LogP contribution in [0.25, 0.3) is 11.1 Å². The van der Waals surface area contributed by atoms with Crippen LogP contribution in [0.15, 0.2) is 40.0 Å². The number of non-ortho nitro benzene ring substituents is 1. The number of fused-ring (bicyclic) bond motifs is 3. The lowest BCUT2D eigenvalue weighted by molar-refractivity contribution is -0.384. The van der Waals surface area contributed by atoms with Gasteiger partial charge in [-0.05, 0) is 45.3 Å². The molecule has 6 nitrogen and oxygen atoms in total. The van der Waals surface area contributed by atoms with Gasteiger partial charge in [0.05, 0.1) is 4.92 Å². The van der Waals surface area contributed by atoms with Gasteiger partial charge in [0.1, 0.15) is 5.71 Å². The molecule has 0 fully saturated rings. The highest BCUT2D eigenvalue weighted by molar-refractivity contribution is 9.10. The van der Waals surface area contributed by atoms with Crippen molar-refractivity contribution in [2.75, 3.05) is 5.73 Å². The predicted molar refractivity (Wildman–Crippen MR) is 78.1 cm³/mol. The smallest absolute Gasteiger partial charge is 0.270 e. The number of rotatable bonds is 1. The molecule has 1 aliphatic carbocycles. The van der Waals surface area contributed by atoms with Crippen LogP contribution in [0.3, 0.4) is 0 Å². The van der Waals surface area contributed by atoms with E-state index in [-0.39, 0.29) is 11.4 Å². The van der Waals surface area contributed by atoms with Crippen LogP contribution in [0.2, 0.25) is 0 Å². The van der Waals surface area contributed by atoms with E-state index in [0.29, 0.717) is 16.8 Å². The molecule has 0 saturated heterocycles. The molecule has 0 bridgehead atoms. The molecule has 7 heteroatoms. The molecular weight excluding hydrogens is 326 g/mol. The average Bonchev–Trinajstić information content (AvgIpc) is 2.71. The summed E-state index contributed by atoms with van der Waals surface area (Å²) in [4.78, 5) is 10.4. The van der Waals surface area contributed by atoms with Gasteiger partial charge in [-0.25, -0.2) is 0 Å². The fourth-order valence-electron chi connectivity index (χ4n) is 2.34. The zero-order valence-electron chi connectivity index (χ0n) is 10.0. The van der Waals surface area contributed by atoms with Gasteiger partial charge in [0, 0.05) is 33.4 Å². The maximum Gasteiger partial charge on any atom is 0.270 e. The minimum absolute atomic E-state index is 0.0512. The number of benzene rings is 2. The topological polar surface area (TPSA) is 102 Å². The van der Waals surface area contributed by atoms with Crippen molar-refractivity contribution >= 4 is 33.0 Å². The van der Waals surface area contributed by atoms with E-state index in [1.54, 1.807) is 12.1 Å². The van der Waals surface area contributed by atoms with Crippen molar-refractivity contribution in [2.45, 2.75) is 0 Å². The molecule has 3 N–H and O–H groups in total. The fraction of sp³-hybridized carbons (Fsp3) is 0. The first kappa shape index (κ1) is 12.6. The van der Waals surface area contributed by atoms with Gasteiger partial charge < -0.3 is 10.9 Å². The molecule has 0 radical (unpaired) electrons. The van der Waals surface area contributed by atoms with E-state index in [1.807, 2.05) is 6.07 Å². The number of nitrogen functional groups attached to an aromatic ring is 1. The van der Waals surface area contributed by atoms with E-state index in [2.05, 4.69) is 21.1 Å². The van der Waals surface area contributed by atoms with Crippen LogP contribution in [0.1, 0.15) is 11.1 Å². The first-order chi connectivity index (χ1) is 9.52. The zero-order chi connectivity index (χ0) is 14.4. The van der Waals surface area contributed by atoms with Crippen LogP contribution in [0.5, 0.6) is 0 Å². The first-order valence-electron chi connectivity index (χ1n) is 5.63. The standard InChI is InChI=1S/C13H8BrN3O3/c14-11-4-8-7-2-1-6(17(19)20)3-9(7)13(16-18)10(8)5-12(11)15/h1-5,18H,15H2. The van der Waals surface area contributed by atoms with Crippen LogP contribution < -0.4 is 5.73 Å². The third-order valence-electron chi connectivity index (χ3n) is 3.25. The molecule has 0 saturated carbocycles.